The summed E-state index contributed by atoms with van der Waals surface area (Å²) in [6, 6.07) is 0. The molecule has 0 fully saturated rings. The van der Waals surface area contributed by atoms with Gasteiger partial charge >= 0.3 is 96.9 Å². The third kappa shape index (κ3) is 61.6. The fourth-order valence-electron chi connectivity index (χ4n) is 0. The van der Waals surface area contributed by atoms with Gasteiger partial charge in [-0.3, -0.25) is 8.42 Å². The van der Waals surface area contributed by atoms with Gasteiger partial charge in [-0.2, -0.15) is 0 Å². The van der Waals surface area contributed by atoms with Crippen LogP contribution >= 0.6 is 0 Å². The molecule has 0 rings (SSSR count). The Morgan fingerprint density at radius 1 is 1.00 bits per heavy atom. The van der Waals surface area contributed by atoms with Gasteiger partial charge in [0, 0.05) is 10.4 Å². The van der Waals surface area contributed by atoms with Gasteiger partial charge in [0.05, 0.1) is 0 Å². The van der Waals surface area contributed by atoms with Crippen LogP contribution in [0.5, 0.6) is 0 Å². The van der Waals surface area contributed by atoms with Crippen LogP contribution in [0, 0.1) is 0 Å². The van der Waals surface area contributed by atoms with E-state index in [1.54, 1.807) is 0 Å². The SMILES string of the molecule is O=S(=O)([O-])[O-].[CaH2].[Na+].[Na+]. The van der Waals surface area contributed by atoms with Crippen molar-refractivity contribution < 1.29 is 76.6 Å². The predicted molar refractivity (Wildman–Crippen MR) is 19.0 cm³/mol. The molecular weight excluding hydrogens is 182 g/mol. The molecule has 0 heterocycles. The summed E-state index contributed by atoms with van der Waals surface area (Å²) in [7, 11) is -5.17. The van der Waals surface area contributed by atoms with Gasteiger partial charge in [-0.05, 0) is 0 Å². The van der Waals surface area contributed by atoms with Crippen molar-refractivity contribution in [2.75, 3.05) is 0 Å². The Morgan fingerprint density at radius 3 is 1.00 bits per heavy atom. The maximum absolute atomic E-state index is 8.52. The Kier molecular flexibility index (Phi) is 28.4. The summed E-state index contributed by atoms with van der Waals surface area (Å²) >= 11 is 0. The Balaban J connectivity index is -0.0000000267. The zero-order chi connectivity index (χ0) is 4.50. The number of hydrogen-bond acceptors (Lipinski definition) is 4. The van der Waals surface area contributed by atoms with E-state index in [0.717, 1.165) is 0 Å². The monoisotopic (exact) mass is 184 g/mol. The van der Waals surface area contributed by atoms with Gasteiger partial charge in [0.15, 0.2) is 0 Å². The summed E-state index contributed by atoms with van der Waals surface area (Å²) in [6.45, 7) is 0. The van der Waals surface area contributed by atoms with Gasteiger partial charge in [0.25, 0.3) is 0 Å². The molecule has 0 saturated heterocycles. The molecule has 0 N–H and O–H groups in total. The first-order chi connectivity index (χ1) is 2.00. The fraction of sp³-hybridized carbons (Fsp3) is 0. The second-order valence-corrected chi connectivity index (χ2v) is 1.22. The molecule has 0 spiro atoms. The van der Waals surface area contributed by atoms with Crippen LogP contribution < -0.4 is 59.1 Å². The van der Waals surface area contributed by atoms with Crippen molar-refractivity contribution in [2.45, 2.75) is 0 Å². The molecule has 8 heteroatoms. The predicted octanol–water partition coefficient (Wildman–Crippen LogP) is -8.25. The molecule has 0 aliphatic rings. The number of rotatable bonds is 0. The standard InChI is InChI=1S/Ca.2Na.H2O4S.2H/c;;;1-5(2,3)4;;/h;;;(H2,1,2,3,4);;/q;2*+1;;;/p-2. The Morgan fingerprint density at radius 2 is 1.00 bits per heavy atom. The van der Waals surface area contributed by atoms with Crippen molar-refractivity contribution in [2.24, 2.45) is 0 Å². The molecule has 0 unspecified atom stereocenters. The third-order valence-corrected chi connectivity index (χ3v) is 0. The Hall–Kier alpha value is 3.13. The average Bonchev–Trinajstić information content (AvgIpc) is 0.722. The quantitative estimate of drug-likeness (QED) is 0.213. The second-order valence-electron chi connectivity index (χ2n) is 0.408. The molecule has 0 aromatic heterocycles. The van der Waals surface area contributed by atoms with E-state index in [2.05, 4.69) is 0 Å². The first-order valence-corrected chi connectivity index (χ1v) is 2.00. The molecule has 0 atom stereocenters. The van der Waals surface area contributed by atoms with E-state index in [1.165, 1.54) is 0 Å². The smallest absolute Gasteiger partial charge is 1.00 e. The van der Waals surface area contributed by atoms with Gasteiger partial charge in [-0.1, -0.05) is 0 Å². The maximum atomic E-state index is 8.52. The molecule has 0 aromatic rings. The minimum atomic E-state index is -5.17. The Labute approximate surface area is 122 Å². The summed E-state index contributed by atoms with van der Waals surface area (Å²) in [5.41, 5.74) is 0. The minimum absolute atomic E-state index is 0. The molecule has 0 bridgehead atoms. The topological polar surface area (TPSA) is 80.3 Å². The molecular formula is H2CaNa2O4S. The van der Waals surface area contributed by atoms with Crippen LogP contribution in [-0.4, -0.2) is 55.3 Å². The van der Waals surface area contributed by atoms with Crippen LogP contribution in [0.25, 0.3) is 0 Å². The first-order valence-electron chi connectivity index (χ1n) is 0.667. The zero-order valence-corrected chi connectivity index (χ0v) is 8.86. The van der Waals surface area contributed by atoms with Gasteiger partial charge in [0.1, 0.15) is 0 Å². The normalized spacial score (nSPS) is 7.25. The van der Waals surface area contributed by atoms with Crippen LogP contribution in [0.4, 0.5) is 0 Å². The second kappa shape index (κ2) is 10.1. The van der Waals surface area contributed by atoms with E-state index in [4.69, 9.17) is 17.5 Å². The summed E-state index contributed by atoms with van der Waals surface area (Å²) in [4.78, 5) is 0. The van der Waals surface area contributed by atoms with Crippen molar-refractivity contribution >= 4 is 48.1 Å². The van der Waals surface area contributed by atoms with Crippen LogP contribution in [-0.2, 0) is 10.4 Å². The molecule has 8 heavy (non-hydrogen) atoms. The van der Waals surface area contributed by atoms with Crippen molar-refractivity contribution in [1.29, 1.82) is 0 Å². The molecule has 0 amide bonds. The van der Waals surface area contributed by atoms with E-state index in [0.29, 0.717) is 0 Å². The molecule has 0 aliphatic carbocycles. The van der Waals surface area contributed by atoms with Crippen molar-refractivity contribution in [3.8, 4) is 0 Å². The summed E-state index contributed by atoms with van der Waals surface area (Å²) in [5.74, 6) is 0. The van der Waals surface area contributed by atoms with E-state index in [9.17, 15) is 0 Å². The van der Waals surface area contributed by atoms with Crippen LogP contribution in [0.15, 0.2) is 0 Å². The van der Waals surface area contributed by atoms with Crippen LogP contribution in [0.2, 0.25) is 0 Å². The average molecular weight is 184 g/mol. The molecule has 0 saturated carbocycles. The Bertz CT molecular complexity index is 97.2. The maximum Gasteiger partial charge on any atom is 1.00 e. The summed E-state index contributed by atoms with van der Waals surface area (Å²) in [5, 5.41) is 0. The largest absolute Gasteiger partial charge is 1.00 e. The summed E-state index contributed by atoms with van der Waals surface area (Å²) in [6.07, 6.45) is 0. The van der Waals surface area contributed by atoms with Crippen molar-refractivity contribution in [3.05, 3.63) is 0 Å². The van der Waals surface area contributed by atoms with Gasteiger partial charge in [0.2, 0.25) is 0 Å². The van der Waals surface area contributed by atoms with E-state index < -0.39 is 10.4 Å². The molecule has 0 radical (unpaired) electrons. The third-order valence-electron chi connectivity index (χ3n) is 0. The van der Waals surface area contributed by atoms with Crippen LogP contribution in [0.1, 0.15) is 0 Å². The summed E-state index contributed by atoms with van der Waals surface area (Å²) < 4.78 is 34.1. The van der Waals surface area contributed by atoms with E-state index in [-0.39, 0.29) is 96.9 Å². The van der Waals surface area contributed by atoms with E-state index in [1.807, 2.05) is 0 Å². The van der Waals surface area contributed by atoms with Crippen molar-refractivity contribution in [3.63, 3.8) is 0 Å². The molecule has 4 nitrogen and oxygen atoms in total. The minimum Gasteiger partial charge on any atom is 1.00 e. The molecule has 0 aromatic carbocycles. The fourth-order valence-corrected chi connectivity index (χ4v) is 0. The molecule has 0 aliphatic heterocycles. The van der Waals surface area contributed by atoms with E-state index >= 15 is 0 Å². The number of hydrogen-bond donors (Lipinski definition) is 0. The molecule has 36 valence electrons. The van der Waals surface area contributed by atoms with Gasteiger partial charge < -0.3 is 9.11 Å². The van der Waals surface area contributed by atoms with Gasteiger partial charge in [-0.25, -0.2) is 0 Å². The zero-order valence-electron chi connectivity index (χ0n) is 4.04. The van der Waals surface area contributed by atoms with Crippen LogP contribution in [0.3, 0.4) is 0 Å². The van der Waals surface area contributed by atoms with Crippen molar-refractivity contribution in [1.82, 2.24) is 0 Å². The first kappa shape index (κ1) is 22.5. The van der Waals surface area contributed by atoms with Gasteiger partial charge in [-0.15, -0.1) is 0 Å².